The second-order valence-corrected chi connectivity index (χ2v) is 6.27. The van der Waals surface area contributed by atoms with Crippen molar-refractivity contribution >= 4 is 5.91 Å². The molecule has 1 unspecified atom stereocenters. The van der Waals surface area contributed by atoms with Crippen LogP contribution >= 0.6 is 0 Å². The average Bonchev–Trinajstić information content (AvgIpc) is 3.47. The number of aliphatic hydroxyl groups excluding tert-OH is 1. The Morgan fingerprint density at radius 1 is 1.24 bits per heavy atom. The highest BCUT2D eigenvalue weighted by Crippen LogP contribution is 2.47. The highest BCUT2D eigenvalue weighted by Gasteiger charge is 2.44. The fraction of sp³-hybridized carbons (Fsp3) is 0.300. The van der Waals surface area contributed by atoms with Gasteiger partial charge >= 0.3 is 0 Å². The summed E-state index contributed by atoms with van der Waals surface area (Å²) < 4.78 is 5.08. The minimum Gasteiger partial charge on any atom is -0.497 e. The van der Waals surface area contributed by atoms with Gasteiger partial charge < -0.3 is 15.2 Å². The number of methoxy groups -OCH3 is 1. The molecular weight excluding hydrogens is 316 g/mol. The number of benzene rings is 2. The lowest BCUT2D eigenvalue weighted by molar-refractivity contribution is 0.0916. The Labute approximate surface area is 146 Å². The molecule has 1 aliphatic rings. The molecule has 1 atom stereocenters. The molecule has 0 saturated heterocycles. The summed E-state index contributed by atoms with van der Waals surface area (Å²) in [6.07, 6.45) is 0.967. The number of rotatable bonds is 6. The number of nitrogens with one attached hydrogen (secondary N) is 1. The van der Waals surface area contributed by atoms with Crippen LogP contribution in [0.1, 0.15) is 40.4 Å². The number of hydrogen-bond acceptors (Lipinski definition) is 4. The largest absolute Gasteiger partial charge is 0.497 e. The second kappa shape index (κ2) is 6.96. The molecule has 0 radical (unpaired) electrons. The van der Waals surface area contributed by atoms with E-state index in [4.69, 9.17) is 4.74 Å². The molecule has 0 bridgehead atoms. The first-order valence-electron chi connectivity index (χ1n) is 8.20. The maximum atomic E-state index is 12.2. The third-order valence-electron chi connectivity index (χ3n) is 4.62. The topological polar surface area (TPSA) is 82.3 Å². The number of nitriles is 1. The minimum atomic E-state index is -0.789. The zero-order valence-electron chi connectivity index (χ0n) is 14.0. The number of nitrogens with zero attached hydrogens (tertiary/aromatic N) is 1. The van der Waals surface area contributed by atoms with Gasteiger partial charge in [-0.25, -0.2) is 0 Å². The van der Waals surface area contributed by atoms with Crippen molar-refractivity contribution in [3.63, 3.8) is 0 Å². The first-order chi connectivity index (χ1) is 12.1. The van der Waals surface area contributed by atoms with E-state index >= 15 is 0 Å². The highest BCUT2D eigenvalue weighted by atomic mass is 16.5. The van der Waals surface area contributed by atoms with Crippen LogP contribution in [0.2, 0.25) is 0 Å². The Hall–Kier alpha value is -2.84. The molecule has 2 aromatic carbocycles. The molecule has 1 aliphatic carbocycles. The Morgan fingerprint density at radius 3 is 2.40 bits per heavy atom. The summed E-state index contributed by atoms with van der Waals surface area (Å²) in [5.74, 6) is 0.465. The van der Waals surface area contributed by atoms with Gasteiger partial charge in [0.15, 0.2) is 0 Å². The van der Waals surface area contributed by atoms with Crippen LogP contribution < -0.4 is 10.1 Å². The predicted octanol–water partition coefficient (Wildman–Crippen LogP) is 2.71. The van der Waals surface area contributed by atoms with Crippen molar-refractivity contribution in [1.29, 1.82) is 5.26 Å². The van der Waals surface area contributed by atoms with Crippen molar-refractivity contribution in [2.45, 2.75) is 24.4 Å². The van der Waals surface area contributed by atoms with E-state index in [-0.39, 0.29) is 17.9 Å². The molecular formula is C20H20N2O3. The molecule has 5 heteroatoms. The smallest absolute Gasteiger partial charge is 0.251 e. The second-order valence-electron chi connectivity index (χ2n) is 6.27. The lowest BCUT2D eigenvalue weighted by Gasteiger charge is -2.13. The molecule has 0 spiro atoms. The van der Waals surface area contributed by atoms with Crippen LogP contribution in [0.5, 0.6) is 5.75 Å². The van der Waals surface area contributed by atoms with Gasteiger partial charge in [0.2, 0.25) is 0 Å². The van der Waals surface area contributed by atoms with Gasteiger partial charge in [0.1, 0.15) is 5.75 Å². The zero-order chi connectivity index (χ0) is 17.9. The van der Waals surface area contributed by atoms with Crippen molar-refractivity contribution < 1.29 is 14.6 Å². The number of carbonyl (C=O) groups excluding carboxylic acids is 1. The van der Waals surface area contributed by atoms with Gasteiger partial charge in [0.05, 0.1) is 24.7 Å². The van der Waals surface area contributed by atoms with E-state index in [1.54, 1.807) is 43.5 Å². The summed E-state index contributed by atoms with van der Waals surface area (Å²) in [6, 6.07) is 16.5. The monoisotopic (exact) mass is 336 g/mol. The zero-order valence-corrected chi connectivity index (χ0v) is 14.0. The van der Waals surface area contributed by atoms with Crippen molar-refractivity contribution in [2.24, 2.45) is 0 Å². The van der Waals surface area contributed by atoms with Crippen LogP contribution in [-0.2, 0) is 5.41 Å². The normalized spacial score (nSPS) is 15.7. The number of hydrogen-bond donors (Lipinski definition) is 2. The van der Waals surface area contributed by atoms with Gasteiger partial charge in [-0.3, -0.25) is 4.79 Å². The minimum absolute atomic E-state index is 0.120. The summed E-state index contributed by atoms with van der Waals surface area (Å²) in [5.41, 5.74) is 1.84. The molecule has 2 N–H and O–H groups in total. The van der Waals surface area contributed by atoms with Crippen molar-refractivity contribution in [3.05, 3.63) is 65.2 Å². The van der Waals surface area contributed by atoms with E-state index in [0.717, 1.165) is 18.4 Å². The fourth-order valence-corrected chi connectivity index (χ4v) is 2.77. The van der Waals surface area contributed by atoms with Gasteiger partial charge in [0, 0.05) is 12.1 Å². The standard InChI is InChI=1S/C20H20N2O3/c1-25-17-8-4-14(5-9-17)18(23)12-22-19(24)15-2-6-16(7-3-15)20(13-21)10-11-20/h2-9,18,23H,10-12H2,1H3,(H,22,24). The Balaban J connectivity index is 1.57. The van der Waals surface area contributed by atoms with E-state index < -0.39 is 6.10 Å². The predicted molar refractivity (Wildman–Crippen MR) is 93.3 cm³/mol. The van der Waals surface area contributed by atoms with Crippen LogP contribution in [-0.4, -0.2) is 24.7 Å². The highest BCUT2D eigenvalue weighted by molar-refractivity contribution is 5.94. The third-order valence-corrected chi connectivity index (χ3v) is 4.62. The molecule has 128 valence electrons. The maximum absolute atomic E-state index is 12.2. The first kappa shape index (κ1) is 17.0. The molecule has 5 nitrogen and oxygen atoms in total. The van der Waals surface area contributed by atoms with E-state index in [1.807, 2.05) is 12.1 Å². The molecule has 3 rings (SSSR count). The molecule has 2 aromatic rings. The fourth-order valence-electron chi connectivity index (χ4n) is 2.77. The first-order valence-corrected chi connectivity index (χ1v) is 8.20. The molecule has 1 fully saturated rings. The van der Waals surface area contributed by atoms with Crippen LogP contribution in [0.25, 0.3) is 0 Å². The van der Waals surface area contributed by atoms with E-state index in [9.17, 15) is 15.2 Å². The van der Waals surface area contributed by atoms with Gasteiger partial charge in [-0.05, 0) is 48.2 Å². The van der Waals surface area contributed by atoms with Gasteiger partial charge in [-0.15, -0.1) is 0 Å². The lowest BCUT2D eigenvalue weighted by Crippen LogP contribution is -2.28. The maximum Gasteiger partial charge on any atom is 0.251 e. The van der Waals surface area contributed by atoms with Crippen LogP contribution in [0.3, 0.4) is 0 Å². The van der Waals surface area contributed by atoms with Crippen molar-refractivity contribution in [3.8, 4) is 11.8 Å². The number of aliphatic hydroxyl groups is 1. The summed E-state index contributed by atoms with van der Waals surface area (Å²) in [4.78, 5) is 12.2. The van der Waals surface area contributed by atoms with Crippen LogP contribution in [0.15, 0.2) is 48.5 Å². The van der Waals surface area contributed by atoms with Gasteiger partial charge in [0.25, 0.3) is 5.91 Å². The van der Waals surface area contributed by atoms with Crippen molar-refractivity contribution in [1.82, 2.24) is 5.32 Å². The van der Waals surface area contributed by atoms with E-state index in [2.05, 4.69) is 11.4 Å². The summed E-state index contributed by atoms with van der Waals surface area (Å²) >= 11 is 0. The molecule has 25 heavy (non-hydrogen) atoms. The van der Waals surface area contributed by atoms with Gasteiger partial charge in [-0.1, -0.05) is 24.3 Å². The molecule has 0 aliphatic heterocycles. The number of amides is 1. The molecule has 0 heterocycles. The average molecular weight is 336 g/mol. The Kier molecular flexibility index (Phi) is 4.73. The Morgan fingerprint density at radius 2 is 1.88 bits per heavy atom. The summed E-state index contributed by atoms with van der Waals surface area (Å²) in [7, 11) is 1.58. The SMILES string of the molecule is COc1ccc(C(O)CNC(=O)c2ccc(C3(C#N)CC3)cc2)cc1. The van der Waals surface area contributed by atoms with Crippen molar-refractivity contribution in [2.75, 3.05) is 13.7 Å². The Bertz CT molecular complexity index is 787. The molecule has 0 aromatic heterocycles. The number of carbonyl (C=O) groups is 1. The van der Waals surface area contributed by atoms with Crippen LogP contribution in [0.4, 0.5) is 0 Å². The third kappa shape index (κ3) is 3.65. The van der Waals surface area contributed by atoms with E-state index in [1.165, 1.54) is 0 Å². The molecule has 1 amide bonds. The van der Waals surface area contributed by atoms with Gasteiger partial charge in [-0.2, -0.15) is 5.26 Å². The molecule has 1 saturated carbocycles. The summed E-state index contributed by atoms with van der Waals surface area (Å²) in [5, 5.41) is 22.1. The quantitative estimate of drug-likeness (QED) is 0.850. The van der Waals surface area contributed by atoms with Crippen LogP contribution in [0, 0.1) is 11.3 Å². The van der Waals surface area contributed by atoms with E-state index in [0.29, 0.717) is 16.9 Å². The summed E-state index contributed by atoms with van der Waals surface area (Å²) in [6.45, 7) is 0.120. The lowest BCUT2D eigenvalue weighted by atomic mass is 9.96. The number of ether oxygens (including phenoxy) is 1.